The highest BCUT2D eigenvalue weighted by Crippen LogP contribution is 2.25. The first-order chi connectivity index (χ1) is 14.3. The topological polar surface area (TPSA) is 84.9 Å². The summed E-state index contributed by atoms with van der Waals surface area (Å²) in [7, 11) is 1.28. The molecular formula is C24H32N2O5. The van der Waals surface area contributed by atoms with Gasteiger partial charge in [0.25, 0.3) is 0 Å². The van der Waals surface area contributed by atoms with Crippen LogP contribution in [0.25, 0.3) is 0 Å². The molecule has 1 aromatic rings. The van der Waals surface area contributed by atoms with Crippen LogP contribution in [-0.2, 0) is 14.3 Å². The molecule has 0 bridgehead atoms. The van der Waals surface area contributed by atoms with E-state index in [1.165, 1.54) is 7.11 Å². The van der Waals surface area contributed by atoms with Crippen molar-refractivity contribution in [1.29, 1.82) is 0 Å². The predicted molar refractivity (Wildman–Crippen MR) is 119 cm³/mol. The number of ether oxygens (including phenoxy) is 2. The van der Waals surface area contributed by atoms with Crippen LogP contribution in [0.15, 0.2) is 18.2 Å². The third-order valence-electron chi connectivity index (χ3n) is 4.64. The highest BCUT2D eigenvalue weighted by Gasteiger charge is 2.31. The van der Waals surface area contributed by atoms with Gasteiger partial charge in [-0.15, -0.1) is 0 Å². The standard InChI is InChI=1S/C24H32N2O5/c1-23(2,3)21(28)25-18-12-8-10-16(19(18)20(27)30-7)13-14-17-11-9-15-26(17)22(29)31-24(4,5)6/h8,10,12,17H,9,11,15H2,1-7H3,(H,25,28). The Hall–Kier alpha value is -3.01. The number of carbonyl (C=O) groups is 3. The molecule has 1 aliphatic rings. The van der Waals surface area contributed by atoms with Crippen LogP contribution in [-0.4, -0.2) is 48.2 Å². The Morgan fingerprint density at radius 3 is 2.39 bits per heavy atom. The van der Waals surface area contributed by atoms with Crippen LogP contribution in [0.3, 0.4) is 0 Å². The second-order valence-electron chi connectivity index (χ2n) is 9.52. The van der Waals surface area contributed by atoms with E-state index in [0.29, 0.717) is 17.8 Å². The molecule has 1 unspecified atom stereocenters. The predicted octanol–water partition coefficient (Wildman–Crippen LogP) is 4.21. The number of anilines is 1. The van der Waals surface area contributed by atoms with E-state index in [1.807, 2.05) is 20.8 Å². The van der Waals surface area contributed by atoms with Crippen molar-refractivity contribution in [2.45, 2.75) is 66.0 Å². The molecule has 1 fully saturated rings. The number of hydrogen-bond acceptors (Lipinski definition) is 5. The average molecular weight is 429 g/mol. The number of amides is 2. The molecule has 0 aliphatic carbocycles. The first kappa shape index (κ1) is 24.3. The van der Waals surface area contributed by atoms with E-state index >= 15 is 0 Å². The van der Waals surface area contributed by atoms with E-state index in [-0.39, 0.29) is 17.5 Å². The smallest absolute Gasteiger partial charge is 0.411 e. The number of benzene rings is 1. The number of methoxy groups -OCH3 is 1. The van der Waals surface area contributed by atoms with Crippen LogP contribution in [0.1, 0.15) is 70.3 Å². The molecule has 1 heterocycles. The molecule has 2 amide bonds. The molecule has 0 spiro atoms. The molecule has 1 aromatic carbocycles. The van der Waals surface area contributed by atoms with Crippen LogP contribution >= 0.6 is 0 Å². The lowest BCUT2D eigenvalue weighted by Crippen LogP contribution is -2.39. The van der Waals surface area contributed by atoms with Crippen molar-refractivity contribution in [3.8, 4) is 11.8 Å². The molecule has 0 radical (unpaired) electrons. The maximum atomic E-state index is 12.5. The molecule has 7 nitrogen and oxygen atoms in total. The Labute approximate surface area is 184 Å². The fourth-order valence-corrected chi connectivity index (χ4v) is 3.01. The van der Waals surface area contributed by atoms with E-state index in [1.54, 1.807) is 43.9 Å². The molecule has 1 aliphatic heterocycles. The normalized spacial score (nSPS) is 16.2. The monoisotopic (exact) mass is 428 g/mol. The van der Waals surface area contributed by atoms with Crippen LogP contribution in [0.2, 0.25) is 0 Å². The first-order valence-electron chi connectivity index (χ1n) is 10.4. The van der Waals surface area contributed by atoms with Gasteiger partial charge in [0, 0.05) is 17.5 Å². The van der Waals surface area contributed by atoms with Gasteiger partial charge in [-0.05, 0) is 45.7 Å². The summed E-state index contributed by atoms with van der Waals surface area (Å²) < 4.78 is 10.4. The molecule has 2 rings (SSSR count). The maximum Gasteiger partial charge on any atom is 0.411 e. The largest absolute Gasteiger partial charge is 0.465 e. The molecule has 1 N–H and O–H groups in total. The molecule has 1 saturated heterocycles. The Morgan fingerprint density at radius 2 is 1.81 bits per heavy atom. The molecule has 7 heteroatoms. The van der Waals surface area contributed by atoms with Crippen LogP contribution in [0, 0.1) is 17.3 Å². The molecular weight excluding hydrogens is 396 g/mol. The number of nitrogens with one attached hydrogen (secondary N) is 1. The quantitative estimate of drug-likeness (QED) is 0.563. The minimum absolute atomic E-state index is 0.192. The lowest BCUT2D eigenvalue weighted by molar-refractivity contribution is -0.123. The van der Waals surface area contributed by atoms with Gasteiger partial charge in [-0.3, -0.25) is 9.69 Å². The summed E-state index contributed by atoms with van der Waals surface area (Å²) in [5.74, 6) is 5.30. The molecule has 1 atom stereocenters. The van der Waals surface area contributed by atoms with E-state index in [4.69, 9.17) is 9.47 Å². The van der Waals surface area contributed by atoms with Gasteiger partial charge < -0.3 is 14.8 Å². The zero-order valence-electron chi connectivity index (χ0n) is 19.4. The second kappa shape index (κ2) is 9.42. The highest BCUT2D eigenvalue weighted by molar-refractivity contribution is 6.04. The molecule has 31 heavy (non-hydrogen) atoms. The van der Waals surface area contributed by atoms with Gasteiger partial charge in [-0.1, -0.05) is 38.7 Å². The molecule has 0 aromatic heterocycles. The lowest BCUT2D eigenvalue weighted by Gasteiger charge is -2.26. The fourth-order valence-electron chi connectivity index (χ4n) is 3.01. The van der Waals surface area contributed by atoms with Gasteiger partial charge in [-0.25, -0.2) is 9.59 Å². The van der Waals surface area contributed by atoms with Gasteiger partial charge in [0.1, 0.15) is 5.60 Å². The Morgan fingerprint density at radius 1 is 1.13 bits per heavy atom. The number of nitrogens with zero attached hydrogens (tertiary/aromatic N) is 1. The minimum Gasteiger partial charge on any atom is -0.465 e. The summed E-state index contributed by atoms with van der Waals surface area (Å²) in [6.45, 7) is 11.4. The van der Waals surface area contributed by atoms with Crippen molar-refractivity contribution >= 4 is 23.7 Å². The summed E-state index contributed by atoms with van der Waals surface area (Å²) in [5, 5.41) is 2.79. The van der Waals surface area contributed by atoms with Crippen molar-refractivity contribution in [3.63, 3.8) is 0 Å². The minimum atomic E-state index is -0.632. The fraction of sp³-hybridized carbons (Fsp3) is 0.542. The number of likely N-dealkylation sites (tertiary alicyclic amines) is 1. The first-order valence-corrected chi connectivity index (χ1v) is 10.4. The van der Waals surface area contributed by atoms with Crippen molar-refractivity contribution in [2.24, 2.45) is 5.41 Å². The van der Waals surface area contributed by atoms with Crippen molar-refractivity contribution in [1.82, 2.24) is 4.90 Å². The van der Waals surface area contributed by atoms with E-state index in [2.05, 4.69) is 17.2 Å². The zero-order valence-corrected chi connectivity index (χ0v) is 19.4. The average Bonchev–Trinajstić information content (AvgIpc) is 3.12. The van der Waals surface area contributed by atoms with E-state index in [0.717, 1.165) is 12.8 Å². The van der Waals surface area contributed by atoms with Gasteiger partial charge in [0.2, 0.25) is 5.91 Å². The van der Waals surface area contributed by atoms with E-state index in [9.17, 15) is 14.4 Å². The molecule has 168 valence electrons. The summed E-state index contributed by atoms with van der Waals surface area (Å²) in [6.07, 6.45) is 1.15. The summed E-state index contributed by atoms with van der Waals surface area (Å²) in [5.41, 5.74) is -0.261. The van der Waals surface area contributed by atoms with Crippen LogP contribution in [0.4, 0.5) is 10.5 Å². The zero-order chi connectivity index (χ0) is 23.4. The lowest BCUT2D eigenvalue weighted by atomic mass is 9.95. The van der Waals surface area contributed by atoms with Gasteiger partial charge >= 0.3 is 12.1 Å². The number of hydrogen-bond donors (Lipinski definition) is 1. The number of carbonyl (C=O) groups excluding carboxylic acids is 3. The number of rotatable bonds is 2. The van der Waals surface area contributed by atoms with Crippen molar-refractivity contribution < 1.29 is 23.9 Å². The maximum absolute atomic E-state index is 12.5. The Kier molecular flexibility index (Phi) is 7.37. The summed E-state index contributed by atoms with van der Waals surface area (Å²) in [4.78, 5) is 39.0. The van der Waals surface area contributed by atoms with Crippen LogP contribution < -0.4 is 5.32 Å². The third kappa shape index (κ3) is 6.48. The third-order valence-corrected chi connectivity index (χ3v) is 4.64. The van der Waals surface area contributed by atoms with Crippen LogP contribution in [0.5, 0.6) is 0 Å². The highest BCUT2D eigenvalue weighted by atomic mass is 16.6. The number of esters is 1. The summed E-state index contributed by atoms with van der Waals surface area (Å²) in [6, 6.07) is 4.74. The van der Waals surface area contributed by atoms with Gasteiger partial charge in [0.15, 0.2) is 0 Å². The van der Waals surface area contributed by atoms with Crippen molar-refractivity contribution in [2.75, 3.05) is 19.0 Å². The van der Waals surface area contributed by atoms with Crippen molar-refractivity contribution in [3.05, 3.63) is 29.3 Å². The summed E-state index contributed by atoms with van der Waals surface area (Å²) >= 11 is 0. The Bertz CT molecular complexity index is 913. The SMILES string of the molecule is COC(=O)c1c(C#CC2CCCN2C(=O)OC(C)(C)C)cccc1NC(=O)C(C)(C)C. The van der Waals surface area contributed by atoms with E-state index < -0.39 is 23.1 Å². The second-order valence-corrected chi connectivity index (χ2v) is 9.52. The van der Waals surface area contributed by atoms with Gasteiger partial charge in [0.05, 0.1) is 24.4 Å². The molecule has 0 saturated carbocycles. The Balaban J connectivity index is 2.36. The van der Waals surface area contributed by atoms with Gasteiger partial charge in [-0.2, -0.15) is 0 Å².